The van der Waals surface area contributed by atoms with Crippen molar-refractivity contribution < 1.29 is 14.6 Å². The molecule has 1 aliphatic carbocycles. The van der Waals surface area contributed by atoms with Gasteiger partial charge in [-0.05, 0) is 31.7 Å². The predicted octanol–water partition coefficient (Wildman–Crippen LogP) is 3.57. The summed E-state index contributed by atoms with van der Waals surface area (Å²) in [5.41, 5.74) is 2.47. The van der Waals surface area contributed by atoms with Crippen molar-refractivity contribution in [3.05, 3.63) is 41.5 Å². The summed E-state index contributed by atoms with van der Waals surface area (Å²) in [6.07, 6.45) is 4.21. The van der Waals surface area contributed by atoms with Gasteiger partial charge in [0.1, 0.15) is 0 Å². The third kappa shape index (κ3) is 4.65. The van der Waals surface area contributed by atoms with Gasteiger partial charge in [-0.3, -0.25) is 0 Å². The van der Waals surface area contributed by atoms with E-state index in [4.69, 9.17) is 4.74 Å². The minimum Gasteiger partial charge on any atom is -0.465 e. The van der Waals surface area contributed by atoms with E-state index in [1.807, 2.05) is 18.2 Å². The Hall–Kier alpha value is -1.85. The Morgan fingerprint density at radius 1 is 1.31 bits per heavy atom. The molecule has 0 radical (unpaired) electrons. The normalized spacial score (nSPS) is 24.5. The number of hydrogen-bond donors (Lipinski definition) is 1. The molecule has 1 aliphatic heterocycles. The van der Waals surface area contributed by atoms with Gasteiger partial charge in [-0.1, -0.05) is 42.0 Å². The number of ether oxygens (including phenoxy) is 1. The maximum Gasteiger partial charge on any atom is 0.407 e. The minimum absolute atomic E-state index is 0.142. The number of piperidine rings is 1. The van der Waals surface area contributed by atoms with Crippen LogP contribution in [-0.2, 0) is 4.74 Å². The molecule has 142 valence electrons. The van der Waals surface area contributed by atoms with E-state index in [0.29, 0.717) is 5.92 Å². The standard InChI is InChI=1S/C21H30N2O3/c1-16(14-17-6-4-3-5-7-17)19-15-20(19)23(21(24)25)18-8-10-22(11-9-18)12-13-26-2/h3-7,14,18-20H,8-13,15H2,1-2H3,(H,24,25)/t19?,20-/m0/s1. The highest BCUT2D eigenvalue weighted by atomic mass is 16.5. The van der Waals surface area contributed by atoms with Crippen molar-refractivity contribution >= 4 is 12.2 Å². The fourth-order valence-corrected chi connectivity index (χ4v) is 4.11. The number of methoxy groups -OCH3 is 1. The first kappa shape index (κ1) is 18.9. The van der Waals surface area contributed by atoms with Crippen LogP contribution in [0.1, 0.15) is 31.7 Å². The quantitative estimate of drug-likeness (QED) is 0.810. The zero-order valence-corrected chi connectivity index (χ0v) is 15.8. The Kier molecular flexibility index (Phi) is 6.33. The summed E-state index contributed by atoms with van der Waals surface area (Å²) in [7, 11) is 1.72. The molecule has 2 aliphatic rings. The Labute approximate surface area is 156 Å². The van der Waals surface area contributed by atoms with Crippen LogP contribution < -0.4 is 0 Å². The third-order valence-corrected chi connectivity index (χ3v) is 5.68. The van der Waals surface area contributed by atoms with Crippen molar-refractivity contribution in [1.29, 1.82) is 0 Å². The van der Waals surface area contributed by atoms with Crippen LogP contribution in [0, 0.1) is 5.92 Å². The van der Waals surface area contributed by atoms with Gasteiger partial charge in [-0.25, -0.2) is 4.79 Å². The summed E-state index contributed by atoms with van der Waals surface area (Å²) in [5, 5.41) is 9.81. The largest absolute Gasteiger partial charge is 0.465 e. The summed E-state index contributed by atoms with van der Waals surface area (Å²) in [5.74, 6) is 0.359. The number of hydrogen-bond acceptors (Lipinski definition) is 3. The van der Waals surface area contributed by atoms with Crippen LogP contribution in [0.2, 0.25) is 0 Å². The van der Waals surface area contributed by atoms with E-state index in [9.17, 15) is 9.90 Å². The Morgan fingerprint density at radius 2 is 2.00 bits per heavy atom. The number of nitrogens with zero attached hydrogens (tertiary/aromatic N) is 2. The first-order valence-corrected chi connectivity index (χ1v) is 9.56. The second kappa shape index (κ2) is 8.69. The van der Waals surface area contributed by atoms with Gasteiger partial charge in [0, 0.05) is 44.7 Å². The molecule has 1 heterocycles. The molecule has 0 spiro atoms. The molecule has 1 amide bonds. The van der Waals surface area contributed by atoms with Crippen LogP contribution in [0.15, 0.2) is 35.9 Å². The van der Waals surface area contributed by atoms with E-state index >= 15 is 0 Å². The van der Waals surface area contributed by atoms with Crippen LogP contribution in [-0.4, -0.2) is 66.4 Å². The predicted molar refractivity (Wildman–Crippen MR) is 103 cm³/mol. The van der Waals surface area contributed by atoms with Crippen molar-refractivity contribution in [3.63, 3.8) is 0 Å². The maximum absolute atomic E-state index is 11.9. The van der Waals surface area contributed by atoms with Gasteiger partial charge in [0.25, 0.3) is 0 Å². The lowest BCUT2D eigenvalue weighted by molar-refractivity contribution is 0.0738. The van der Waals surface area contributed by atoms with E-state index in [2.05, 4.69) is 30.0 Å². The van der Waals surface area contributed by atoms with Crippen LogP contribution in [0.5, 0.6) is 0 Å². The van der Waals surface area contributed by atoms with Crippen LogP contribution in [0.25, 0.3) is 6.08 Å². The summed E-state index contributed by atoms with van der Waals surface area (Å²) >= 11 is 0. The molecule has 2 atom stereocenters. The Morgan fingerprint density at radius 3 is 2.62 bits per heavy atom. The minimum atomic E-state index is -0.764. The van der Waals surface area contributed by atoms with E-state index in [1.165, 1.54) is 11.1 Å². The number of carboxylic acid groups (broad SMARTS) is 1. The molecule has 26 heavy (non-hydrogen) atoms. The van der Waals surface area contributed by atoms with Gasteiger partial charge in [0.2, 0.25) is 0 Å². The SMILES string of the molecule is COCCN1CCC(N(C(=O)O)[C@H]2CC2C(C)=Cc2ccccc2)CC1. The molecule has 5 heteroatoms. The van der Waals surface area contributed by atoms with Gasteiger partial charge < -0.3 is 19.6 Å². The molecule has 1 unspecified atom stereocenters. The molecule has 0 bridgehead atoms. The van der Waals surface area contributed by atoms with Crippen molar-refractivity contribution in [3.8, 4) is 0 Å². The van der Waals surface area contributed by atoms with Crippen LogP contribution in [0.3, 0.4) is 0 Å². The lowest BCUT2D eigenvalue weighted by Crippen LogP contribution is -2.48. The van der Waals surface area contributed by atoms with Gasteiger partial charge in [0.15, 0.2) is 0 Å². The van der Waals surface area contributed by atoms with Crippen LogP contribution in [0.4, 0.5) is 4.79 Å². The molecule has 2 fully saturated rings. The smallest absolute Gasteiger partial charge is 0.407 e. The zero-order chi connectivity index (χ0) is 18.5. The average Bonchev–Trinajstić information content (AvgIpc) is 3.42. The van der Waals surface area contributed by atoms with Gasteiger partial charge >= 0.3 is 6.09 Å². The molecule has 1 saturated carbocycles. The Bertz CT molecular complexity index is 623. The van der Waals surface area contributed by atoms with Crippen molar-refractivity contribution in [2.45, 2.75) is 38.3 Å². The highest BCUT2D eigenvalue weighted by Gasteiger charge is 2.47. The summed E-state index contributed by atoms with van der Waals surface area (Å²) in [6.45, 7) is 5.70. The summed E-state index contributed by atoms with van der Waals surface area (Å²) in [6, 6.07) is 10.5. The number of amides is 1. The number of likely N-dealkylation sites (tertiary alicyclic amines) is 1. The molecule has 1 saturated heterocycles. The summed E-state index contributed by atoms with van der Waals surface area (Å²) < 4.78 is 5.14. The summed E-state index contributed by atoms with van der Waals surface area (Å²) in [4.78, 5) is 16.0. The van der Waals surface area contributed by atoms with E-state index in [0.717, 1.165) is 45.5 Å². The van der Waals surface area contributed by atoms with Crippen molar-refractivity contribution in [2.75, 3.05) is 33.4 Å². The lowest BCUT2D eigenvalue weighted by Gasteiger charge is -2.37. The van der Waals surface area contributed by atoms with Gasteiger partial charge in [0.05, 0.1) is 6.61 Å². The monoisotopic (exact) mass is 358 g/mol. The number of benzene rings is 1. The van der Waals surface area contributed by atoms with Gasteiger partial charge in [-0.15, -0.1) is 0 Å². The van der Waals surface area contributed by atoms with E-state index in [-0.39, 0.29) is 12.1 Å². The second-order valence-electron chi connectivity index (χ2n) is 7.46. The molecule has 1 aromatic carbocycles. The second-order valence-corrected chi connectivity index (χ2v) is 7.46. The Balaban J connectivity index is 1.58. The molecule has 1 aromatic rings. The van der Waals surface area contributed by atoms with Crippen molar-refractivity contribution in [1.82, 2.24) is 9.80 Å². The highest BCUT2D eigenvalue weighted by molar-refractivity contribution is 5.67. The van der Waals surface area contributed by atoms with Crippen molar-refractivity contribution in [2.24, 2.45) is 5.92 Å². The molecular weight excluding hydrogens is 328 g/mol. The number of rotatable bonds is 7. The fourth-order valence-electron chi connectivity index (χ4n) is 4.11. The topological polar surface area (TPSA) is 53.0 Å². The molecule has 1 N–H and O–H groups in total. The number of carbonyl (C=O) groups is 1. The molecule has 3 rings (SSSR count). The zero-order valence-electron chi connectivity index (χ0n) is 15.8. The average molecular weight is 358 g/mol. The first-order valence-electron chi connectivity index (χ1n) is 9.56. The fraction of sp³-hybridized carbons (Fsp3) is 0.571. The molecular formula is C21H30N2O3. The third-order valence-electron chi connectivity index (χ3n) is 5.68. The van der Waals surface area contributed by atoms with E-state index < -0.39 is 6.09 Å². The maximum atomic E-state index is 11.9. The molecule has 0 aromatic heterocycles. The lowest BCUT2D eigenvalue weighted by atomic mass is 10.0. The van der Waals surface area contributed by atoms with Gasteiger partial charge in [-0.2, -0.15) is 0 Å². The first-order chi connectivity index (χ1) is 12.6. The molecule has 5 nitrogen and oxygen atoms in total. The highest BCUT2D eigenvalue weighted by Crippen LogP contribution is 2.44. The van der Waals surface area contributed by atoms with Crippen LogP contribution >= 0.6 is 0 Å². The van der Waals surface area contributed by atoms with E-state index in [1.54, 1.807) is 12.0 Å².